The molecule has 0 aliphatic heterocycles. The Balaban J connectivity index is 3.15. The van der Waals surface area contributed by atoms with Gasteiger partial charge in [-0.3, -0.25) is 5.32 Å². The molecule has 1 nitrogen and oxygen atoms in total. The van der Waals surface area contributed by atoms with Crippen molar-refractivity contribution in [2.75, 3.05) is 6.54 Å². The van der Waals surface area contributed by atoms with Crippen LogP contribution in [0.15, 0.2) is 0 Å². The van der Waals surface area contributed by atoms with Crippen LogP contribution in [0.3, 0.4) is 0 Å². The lowest BCUT2D eigenvalue weighted by atomic mass is 10.4. The topological polar surface area (TPSA) is 12.0 Å². The van der Waals surface area contributed by atoms with Gasteiger partial charge in [-0.1, -0.05) is 6.92 Å². The van der Waals surface area contributed by atoms with Crippen LogP contribution in [0.25, 0.3) is 0 Å². The maximum absolute atomic E-state index is 5.72. The zero-order valence-electron chi connectivity index (χ0n) is 5.09. The first-order valence-electron chi connectivity index (χ1n) is 2.50. The fourth-order valence-corrected chi connectivity index (χ4v) is 0.554. The summed E-state index contributed by atoms with van der Waals surface area (Å²) in [6.45, 7) is 6.82. The Hall–Kier alpha value is 0.250. The van der Waals surface area contributed by atoms with Gasteiger partial charge in [0.25, 0.3) is 0 Å². The van der Waals surface area contributed by atoms with Gasteiger partial charge in [-0.05, 0) is 20.4 Å². The highest BCUT2D eigenvalue weighted by atomic mass is 35.5. The number of hydrogen-bond acceptors (Lipinski definition) is 1. The molecule has 0 heterocycles. The molecule has 0 bridgehead atoms. The van der Waals surface area contributed by atoms with Crippen LogP contribution < -0.4 is 5.32 Å². The Morgan fingerprint density at radius 1 is 1.57 bits per heavy atom. The number of alkyl halides is 1. The summed E-state index contributed by atoms with van der Waals surface area (Å²) in [5.41, 5.74) is 0. The van der Waals surface area contributed by atoms with Crippen molar-refractivity contribution in [3.8, 4) is 0 Å². The molecule has 0 aliphatic carbocycles. The van der Waals surface area contributed by atoms with Crippen LogP contribution in [-0.2, 0) is 0 Å². The highest BCUT2D eigenvalue weighted by Gasteiger charge is 2.07. The molecule has 0 saturated carbocycles. The second-order valence-electron chi connectivity index (χ2n) is 2.00. The summed E-state index contributed by atoms with van der Waals surface area (Å²) >= 11 is 5.72. The van der Waals surface area contributed by atoms with E-state index in [1.54, 1.807) is 0 Å². The summed E-state index contributed by atoms with van der Waals surface area (Å²) in [6, 6.07) is 0. The van der Waals surface area contributed by atoms with E-state index in [0.717, 1.165) is 6.54 Å². The molecule has 2 heteroatoms. The lowest BCUT2D eigenvalue weighted by Gasteiger charge is -2.15. The van der Waals surface area contributed by atoms with Crippen molar-refractivity contribution >= 4 is 11.6 Å². The Labute approximate surface area is 50.1 Å². The van der Waals surface area contributed by atoms with Crippen LogP contribution in [0.5, 0.6) is 0 Å². The summed E-state index contributed by atoms with van der Waals surface area (Å²) in [6.07, 6.45) is 0. The molecule has 0 saturated heterocycles. The molecule has 7 heavy (non-hydrogen) atoms. The highest BCUT2D eigenvalue weighted by molar-refractivity contribution is 6.23. The van der Waals surface area contributed by atoms with E-state index in [2.05, 4.69) is 5.32 Å². The lowest BCUT2D eigenvalue weighted by Crippen LogP contribution is -2.32. The predicted molar refractivity (Wildman–Crippen MR) is 33.6 cm³/mol. The fourth-order valence-electron chi connectivity index (χ4n) is 0.420. The molecule has 0 aromatic rings. The molecule has 0 radical (unpaired) electrons. The molecule has 0 amide bonds. The first kappa shape index (κ1) is 7.25. The van der Waals surface area contributed by atoms with E-state index in [-0.39, 0.29) is 5.00 Å². The van der Waals surface area contributed by atoms with Gasteiger partial charge in [0.15, 0.2) is 0 Å². The molecular formula is C5H12ClN. The third-order valence-corrected chi connectivity index (χ3v) is 0.731. The first-order chi connectivity index (χ1) is 3.06. The number of halogens is 1. The Morgan fingerprint density at radius 3 is 2.00 bits per heavy atom. The van der Waals surface area contributed by atoms with E-state index in [0.29, 0.717) is 0 Å². The first-order valence-corrected chi connectivity index (χ1v) is 2.88. The van der Waals surface area contributed by atoms with Crippen LogP contribution in [-0.4, -0.2) is 11.5 Å². The van der Waals surface area contributed by atoms with Gasteiger partial charge in [-0.2, -0.15) is 0 Å². The Bertz CT molecular complexity index is 46.5. The van der Waals surface area contributed by atoms with Crippen molar-refractivity contribution < 1.29 is 0 Å². The summed E-state index contributed by atoms with van der Waals surface area (Å²) in [5, 5.41) is 3.05. The van der Waals surface area contributed by atoms with Gasteiger partial charge < -0.3 is 0 Å². The molecule has 0 atom stereocenters. The van der Waals surface area contributed by atoms with Crippen LogP contribution in [0.4, 0.5) is 0 Å². The molecule has 44 valence electrons. The maximum Gasteiger partial charge on any atom is 0.0878 e. The van der Waals surface area contributed by atoms with E-state index in [4.69, 9.17) is 11.6 Å². The molecule has 0 fully saturated rings. The largest absolute Gasteiger partial charge is 0.300 e. The predicted octanol–water partition coefficient (Wildman–Crippen LogP) is 1.57. The SMILES string of the molecule is CCNC(C)(C)Cl. The molecule has 0 aromatic heterocycles. The van der Waals surface area contributed by atoms with Gasteiger partial charge in [-0.15, -0.1) is 11.6 Å². The smallest absolute Gasteiger partial charge is 0.0878 e. The molecule has 0 spiro atoms. The third-order valence-electron chi connectivity index (χ3n) is 0.597. The normalized spacial score (nSPS) is 12.0. The summed E-state index contributed by atoms with van der Waals surface area (Å²) in [7, 11) is 0. The van der Waals surface area contributed by atoms with E-state index < -0.39 is 0 Å². The lowest BCUT2D eigenvalue weighted by molar-refractivity contribution is 0.551. The standard InChI is InChI=1S/C5H12ClN/c1-4-7-5(2,3)6/h7H,4H2,1-3H3. The van der Waals surface area contributed by atoms with Crippen LogP contribution in [0, 0.1) is 0 Å². The monoisotopic (exact) mass is 121 g/mol. The fraction of sp³-hybridized carbons (Fsp3) is 1.00. The minimum absolute atomic E-state index is 0.227. The molecule has 0 aromatic carbocycles. The van der Waals surface area contributed by atoms with Crippen molar-refractivity contribution in [2.45, 2.75) is 25.8 Å². The maximum atomic E-state index is 5.72. The van der Waals surface area contributed by atoms with Crippen molar-refractivity contribution in [1.82, 2.24) is 5.32 Å². The third kappa shape index (κ3) is 6.25. The summed E-state index contributed by atoms with van der Waals surface area (Å²) < 4.78 is 0. The van der Waals surface area contributed by atoms with Crippen LogP contribution >= 0.6 is 11.6 Å². The second kappa shape index (κ2) is 2.53. The quantitative estimate of drug-likeness (QED) is 0.432. The highest BCUT2D eigenvalue weighted by Crippen LogP contribution is 2.05. The number of nitrogens with one attached hydrogen (secondary N) is 1. The van der Waals surface area contributed by atoms with Crippen molar-refractivity contribution in [2.24, 2.45) is 0 Å². The minimum atomic E-state index is -0.227. The molecular weight excluding hydrogens is 110 g/mol. The van der Waals surface area contributed by atoms with Crippen molar-refractivity contribution in [3.05, 3.63) is 0 Å². The van der Waals surface area contributed by atoms with Crippen LogP contribution in [0.1, 0.15) is 20.8 Å². The van der Waals surface area contributed by atoms with E-state index in [1.807, 2.05) is 20.8 Å². The molecule has 0 unspecified atom stereocenters. The Kier molecular flexibility index (Phi) is 2.62. The van der Waals surface area contributed by atoms with Crippen molar-refractivity contribution in [1.29, 1.82) is 0 Å². The van der Waals surface area contributed by atoms with E-state index in [1.165, 1.54) is 0 Å². The Morgan fingerprint density at radius 2 is 2.00 bits per heavy atom. The molecule has 1 N–H and O–H groups in total. The van der Waals surface area contributed by atoms with Gasteiger partial charge in [0.05, 0.1) is 5.00 Å². The number of rotatable bonds is 2. The van der Waals surface area contributed by atoms with Gasteiger partial charge in [0, 0.05) is 0 Å². The van der Waals surface area contributed by atoms with Gasteiger partial charge >= 0.3 is 0 Å². The van der Waals surface area contributed by atoms with Gasteiger partial charge in [0.2, 0.25) is 0 Å². The summed E-state index contributed by atoms with van der Waals surface area (Å²) in [5.74, 6) is 0. The van der Waals surface area contributed by atoms with Gasteiger partial charge in [0.1, 0.15) is 0 Å². The van der Waals surface area contributed by atoms with E-state index in [9.17, 15) is 0 Å². The second-order valence-corrected chi connectivity index (χ2v) is 2.95. The molecule has 0 rings (SSSR count). The average molecular weight is 122 g/mol. The van der Waals surface area contributed by atoms with E-state index >= 15 is 0 Å². The number of hydrogen-bond donors (Lipinski definition) is 1. The van der Waals surface area contributed by atoms with Crippen molar-refractivity contribution in [3.63, 3.8) is 0 Å². The zero-order chi connectivity index (χ0) is 5.91. The average Bonchev–Trinajstić information content (AvgIpc) is 1.30. The zero-order valence-corrected chi connectivity index (χ0v) is 5.84. The summed E-state index contributed by atoms with van der Waals surface area (Å²) in [4.78, 5) is -0.227. The van der Waals surface area contributed by atoms with Gasteiger partial charge in [-0.25, -0.2) is 0 Å². The minimum Gasteiger partial charge on any atom is -0.300 e. The molecule has 0 aliphatic rings. The van der Waals surface area contributed by atoms with Crippen LogP contribution in [0.2, 0.25) is 0 Å².